The van der Waals surface area contributed by atoms with Crippen molar-refractivity contribution in [2.75, 3.05) is 18.5 Å². The highest BCUT2D eigenvalue weighted by molar-refractivity contribution is 5.94. The lowest BCUT2D eigenvalue weighted by Crippen LogP contribution is -2.33. The molecular formula is C17H22N2O5. The second-order valence-corrected chi connectivity index (χ2v) is 6.09. The third-order valence-corrected chi connectivity index (χ3v) is 3.59. The van der Waals surface area contributed by atoms with E-state index in [1.54, 1.807) is 31.2 Å². The third-order valence-electron chi connectivity index (χ3n) is 3.59. The van der Waals surface area contributed by atoms with Crippen molar-refractivity contribution in [3.05, 3.63) is 24.3 Å². The van der Waals surface area contributed by atoms with Gasteiger partial charge in [-0.3, -0.25) is 14.4 Å². The molecule has 1 aromatic rings. The molecule has 0 radical (unpaired) electrons. The first-order valence-corrected chi connectivity index (χ1v) is 7.96. The number of benzene rings is 1. The number of carboxylic acids is 1. The maximum absolute atomic E-state index is 11.7. The van der Waals surface area contributed by atoms with Crippen molar-refractivity contribution in [1.29, 1.82) is 0 Å². The number of hydrogen-bond acceptors (Lipinski definition) is 4. The van der Waals surface area contributed by atoms with Gasteiger partial charge in [0, 0.05) is 30.6 Å². The van der Waals surface area contributed by atoms with Crippen LogP contribution in [0.1, 0.15) is 26.2 Å². The molecule has 2 rings (SSSR count). The van der Waals surface area contributed by atoms with Gasteiger partial charge in [0.25, 0.3) is 5.91 Å². The minimum absolute atomic E-state index is 0.00384. The van der Waals surface area contributed by atoms with Gasteiger partial charge in [0.05, 0.1) is 0 Å². The Morgan fingerprint density at radius 3 is 2.75 bits per heavy atom. The van der Waals surface area contributed by atoms with Crippen molar-refractivity contribution in [1.82, 2.24) is 5.32 Å². The van der Waals surface area contributed by atoms with Crippen LogP contribution in [0.2, 0.25) is 0 Å². The lowest BCUT2D eigenvalue weighted by molar-refractivity contribution is -0.138. The largest absolute Gasteiger partial charge is 0.484 e. The molecular weight excluding hydrogens is 312 g/mol. The summed E-state index contributed by atoms with van der Waals surface area (Å²) in [5, 5.41) is 14.1. The Morgan fingerprint density at radius 1 is 1.33 bits per heavy atom. The summed E-state index contributed by atoms with van der Waals surface area (Å²) in [6.45, 7) is 1.87. The van der Waals surface area contributed by atoms with Crippen molar-refractivity contribution >= 4 is 23.5 Å². The van der Waals surface area contributed by atoms with Gasteiger partial charge < -0.3 is 20.5 Å². The molecule has 1 aliphatic carbocycles. The molecule has 3 N–H and O–H groups in total. The quantitative estimate of drug-likeness (QED) is 0.637. The fraction of sp³-hybridized carbons (Fsp3) is 0.471. The molecule has 1 fully saturated rings. The minimum Gasteiger partial charge on any atom is -0.484 e. The smallest absolute Gasteiger partial charge is 0.303 e. The average Bonchev–Trinajstić information content (AvgIpc) is 3.35. The molecule has 0 bridgehead atoms. The number of anilines is 1. The number of carbonyl (C=O) groups is 3. The van der Waals surface area contributed by atoms with E-state index in [2.05, 4.69) is 10.6 Å². The number of aliphatic carboxylic acids is 1. The zero-order chi connectivity index (χ0) is 17.5. The summed E-state index contributed by atoms with van der Waals surface area (Å²) in [6, 6.07) is 6.87. The van der Waals surface area contributed by atoms with Crippen molar-refractivity contribution in [3.63, 3.8) is 0 Å². The zero-order valence-corrected chi connectivity index (χ0v) is 13.6. The van der Waals surface area contributed by atoms with Gasteiger partial charge >= 0.3 is 5.97 Å². The molecule has 0 heterocycles. The molecule has 0 aromatic heterocycles. The van der Waals surface area contributed by atoms with Gasteiger partial charge in [-0.15, -0.1) is 0 Å². The van der Waals surface area contributed by atoms with Crippen molar-refractivity contribution in [2.45, 2.75) is 26.2 Å². The third kappa shape index (κ3) is 6.28. The molecule has 2 amide bonds. The van der Waals surface area contributed by atoms with E-state index >= 15 is 0 Å². The lowest BCUT2D eigenvalue weighted by Gasteiger charge is -2.12. The van der Waals surface area contributed by atoms with E-state index in [0.29, 0.717) is 11.4 Å². The van der Waals surface area contributed by atoms with E-state index in [4.69, 9.17) is 9.84 Å². The number of carboxylic acid groups (broad SMARTS) is 1. The number of ether oxygens (including phenoxy) is 1. The standard InChI is InChI=1S/C17H22N2O5/c1-11(7-16(21)22)9-18-15(20)10-24-14-4-2-3-13(8-14)19-17(23)12-5-6-12/h2-4,8,11-12H,5-7,9-10H2,1H3,(H,18,20)(H,19,23)(H,21,22). The van der Waals surface area contributed by atoms with Crippen molar-refractivity contribution in [2.24, 2.45) is 11.8 Å². The molecule has 0 saturated heterocycles. The van der Waals surface area contributed by atoms with Gasteiger partial charge in [0.2, 0.25) is 5.91 Å². The second-order valence-electron chi connectivity index (χ2n) is 6.09. The summed E-state index contributed by atoms with van der Waals surface area (Å²) in [5.74, 6) is -0.743. The summed E-state index contributed by atoms with van der Waals surface area (Å²) in [4.78, 5) is 34.0. The number of hydrogen-bond donors (Lipinski definition) is 3. The Hall–Kier alpha value is -2.57. The maximum Gasteiger partial charge on any atom is 0.303 e. The highest BCUT2D eigenvalue weighted by Gasteiger charge is 2.29. The predicted octanol–water partition coefficient (Wildman–Crippen LogP) is 1.64. The summed E-state index contributed by atoms with van der Waals surface area (Å²) < 4.78 is 5.40. The van der Waals surface area contributed by atoms with Crippen LogP contribution in [0.3, 0.4) is 0 Å². The number of amides is 2. The van der Waals surface area contributed by atoms with Crippen LogP contribution in [0.4, 0.5) is 5.69 Å². The second kappa shape index (κ2) is 8.33. The van der Waals surface area contributed by atoms with E-state index in [1.807, 2.05) is 0 Å². The Kier molecular flexibility index (Phi) is 6.17. The van der Waals surface area contributed by atoms with Crippen molar-refractivity contribution in [3.8, 4) is 5.75 Å². The summed E-state index contributed by atoms with van der Waals surface area (Å²) in [6.07, 6.45) is 1.87. The van der Waals surface area contributed by atoms with Crippen molar-refractivity contribution < 1.29 is 24.2 Å². The Balaban J connectivity index is 1.73. The monoisotopic (exact) mass is 334 g/mol. The molecule has 0 aliphatic heterocycles. The normalized spacial score (nSPS) is 14.5. The molecule has 1 unspecified atom stereocenters. The minimum atomic E-state index is -0.891. The maximum atomic E-state index is 11.7. The topological polar surface area (TPSA) is 105 Å². The molecule has 130 valence electrons. The van der Waals surface area contributed by atoms with E-state index in [0.717, 1.165) is 12.8 Å². The first kappa shape index (κ1) is 17.8. The fourth-order valence-electron chi connectivity index (χ4n) is 2.11. The van der Waals surface area contributed by atoms with Crippen LogP contribution >= 0.6 is 0 Å². The Bertz CT molecular complexity index is 613. The van der Waals surface area contributed by atoms with Crippen LogP contribution < -0.4 is 15.4 Å². The zero-order valence-electron chi connectivity index (χ0n) is 13.6. The molecule has 7 heteroatoms. The molecule has 1 atom stereocenters. The molecule has 1 aliphatic rings. The van der Waals surface area contributed by atoms with E-state index in [1.165, 1.54) is 0 Å². The highest BCUT2D eigenvalue weighted by atomic mass is 16.5. The van der Waals surface area contributed by atoms with Gasteiger partial charge in [-0.1, -0.05) is 13.0 Å². The van der Waals surface area contributed by atoms with Gasteiger partial charge in [0.15, 0.2) is 6.61 Å². The van der Waals surface area contributed by atoms with Gasteiger partial charge in [0.1, 0.15) is 5.75 Å². The van der Waals surface area contributed by atoms with Crippen LogP contribution in [0, 0.1) is 11.8 Å². The summed E-state index contributed by atoms with van der Waals surface area (Å²) in [5.41, 5.74) is 0.639. The van der Waals surface area contributed by atoms with Crippen LogP contribution in [0.5, 0.6) is 5.75 Å². The first-order chi connectivity index (χ1) is 11.4. The molecule has 1 aromatic carbocycles. The SMILES string of the molecule is CC(CNC(=O)COc1cccc(NC(=O)C2CC2)c1)CC(=O)O. The molecule has 7 nitrogen and oxygen atoms in total. The van der Waals surface area contributed by atoms with Gasteiger partial charge in [-0.25, -0.2) is 0 Å². The number of rotatable bonds is 9. The van der Waals surface area contributed by atoms with Crippen LogP contribution in [0.15, 0.2) is 24.3 Å². The van der Waals surface area contributed by atoms with E-state index < -0.39 is 5.97 Å². The summed E-state index contributed by atoms with van der Waals surface area (Å²) >= 11 is 0. The average molecular weight is 334 g/mol. The number of nitrogens with one attached hydrogen (secondary N) is 2. The van der Waals surface area contributed by atoms with Crippen LogP contribution in [-0.4, -0.2) is 36.0 Å². The van der Waals surface area contributed by atoms with Crippen LogP contribution in [0.25, 0.3) is 0 Å². The van der Waals surface area contributed by atoms with Gasteiger partial charge in [-0.2, -0.15) is 0 Å². The fourth-order valence-corrected chi connectivity index (χ4v) is 2.11. The van der Waals surface area contributed by atoms with Gasteiger partial charge in [-0.05, 0) is 30.9 Å². The lowest BCUT2D eigenvalue weighted by atomic mass is 10.1. The van der Waals surface area contributed by atoms with E-state index in [9.17, 15) is 14.4 Å². The first-order valence-electron chi connectivity index (χ1n) is 7.96. The predicted molar refractivity (Wildman–Crippen MR) is 87.7 cm³/mol. The Labute approximate surface area is 140 Å². The summed E-state index contributed by atoms with van der Waals surface area (Å²) in [7, 11) is 0. The molecule has 1 saturated carbocycles. The number of carbonyl (C=O) groups excluding carboxylic acids is 2. The molecule has 24 heavy (non-hydrogen) atoms. The molecule has 0 spiro atoms. The highest BCUT2D eigenvalue weighted by Crippen LogP contribution is 2.30. The van der Waals surface area contributed by atoms with E-state index in [-0.39, 0.29) is 43.2 Å². The van der Waals surface area contributed by atoms with Crippen LogP contribution in [-0.2, 0) is 14.4 Å². The Morgan fingerprint density at radius 2 is 2.08 bits per heavy atom.